The van der Waals surface area contributed by atoms with Crippen LogP contribution in [0.3, 0.4) is 0 Å². The van der Waals surface area contributed by atoms with Crippen LogP contribution in [0.15, 0.2) is 48.5 Å². The number of imidazole rings is 1. The highest BCUT2D eigenvalue weighted by Gasteiger charge is 2.11. The quantitative estimate of drug-likeness (QED) is 0.659. The van der Waals surface area contributed by atoms with E-state index in [0.717, 1.165) is 80.5 Å². The monoisotopic (exact) mass is 351 g/mol. The number of para-hydroxylation sites is 3. The Labute approximate surface area is 153 Å². The van der Waals surface area contributed by atoms with Crippen molar-refractivity contribution in [3.8, 4) is 17.1 Å². The first-order chi connectivity index (χ1) is 12.9. The highest BCUT2D eigenvalue weighted by Crippen LogP contribution is 2.29. The molecule has 0 aliphatic carbocycles. The zero-order valence-electron chi connectivity index (χ0n) is 15.0. The molecule has 2 heterocycles. The van der Waals surface area contributed by atoms with Crippen LogP contribution in [0.25, 0.3) is 22.4 Å². The van der Waals surface area contributed by atoms with Crippen LogP contribution in [-0.2, 0) is 4.74 Å². The molecular formula is C21H25N3O2. The fourth-order valence-corrected chi connectivity index (χ4v) is 3.31. The van der Waals surface area contributed by atoms with E-state index in [1.54, 1.807) is 0 Å². The number of aromatic amines is 1. The molecule has 5 nitrogen and oxygen atoms in total. The number of rotatable bonds is 7. The van der Waals surface area contributed by atoms with Gasteiger partial charge in [0, 0.05) is 13.1 Å². The summed E-state index contributed by atoms with van der Waals surface area (Å²) in [5.74, 6) is 1.74. The highest BCUT2D eigenvalue weighted by atomic mass is 16.5. The van der Waals surface area contributed by atoms with E-state index in [-0.39, 0.29) is 0 Å². The molecule has 1 aliphatic heterocycles. The van der Waals surface area contributed by atoms with Crippen LogP contribution in [0.2, 0.25) is 0 Å². The van der Waals surface area contributed by atoms with Gasteiger partial charge in [0.2, 0.25) is 0 Å². The first kappa shape index (κ1) is 17.1. The molecule has 1 saturated heterocycles. The number of unbranched alkanes of at least 4 members (excludes halogenated alkanes) is 1. The maximum atomic E-state index is 6.07. The Kier molecular flexibility index (Phi) is 5.47. The number of morpholine rings is 1. The van der Waals surface area contributed by atoms with Crippen LogP contribution in [0.4, 0.5) is 0 Å². The van der Waals surface area contributed by atoms with Gasteiger partial charge in [-0.1, -0.05) is 24.3 Å². The number of fused-ring (bicyclic) bond motifs is 1. The molecule has 0 spiro atoms. The summed E-state index contributed by atoms with van der Waals surface area (Å²) in [4.78, 5) is 10.5. The Hall–Kier alpha value is -2.37. The van der Waals surface area contributed by atoms with Crippen LogP contribution >= 0.6 is 0 Å². The first-order valence-electron chi connectivity index (χ1n) is 9.37. The highest BCUT2D eigenvalue weighted by molar-refractivity contribution is 5.80. The van der Waals surface area contributed by atoms with Gasteiger partial charge in [0.15, 0.2) is 0 Å². The third-order valence-electron chi connectivity index (χ3n) is 4.76. The third-order valence-corrected chi connectivity index (χ3v) is 4.76. The molecule has 0 amide bonds. The lowest BCUT2D eigenvalue weighted by atomic mass is 10.2. The SMILES string of the molecule is c1ccc(-c2nc3ccccc3[nH]2)c(OCCCCN2CCOCC2)c1. The summed E-state index contributed by atoms with van der Waals surface area (Å²) >= 11 is 0. The molecule has 1 aromatic heterocycles. The largest absolute Gasteiger partial charge is 0.493 e. The Morgan fingerprint density at radius 1 is 1.00 bits per heavy atom. The number of hydrogen-bond acceptors (Lipinski definition) is 4. The smallest absolute Gasteiger partial charge is 0.142 e. The molecule has 0 unspecified atom stereocenters. The predicted molar refractivity (Wildman–Crippen MR) is 104 cm³/mol. The van der Waals surface area contributed by atoms with E-state index < -0.39 is 0 Å². The van der Waals surface area contributed by atoms with Crippen LogP contribution < -0.4 is 4.74 Å². The van der Waals surface area contributed by atoms with Crippen molar-refractivity contribution < 1.29 is 9.47 Å². The van der Waals surface area contributed by atoms with Crippen molar-refractivity contribution in [3.63, 3.8) is 0 Å². The van der Waals surface area contributed by atoms with Gasteiger partial charge in [-0.25, -0.2) is 4.98 Å². The molecule has 1 N–H and O–H groups in total. The number of nitrogens with zero attached hydrogens (tertiary/aromatic N) is 2. The predicted octanol–water partition coefficient (Wildman–Crippen LogP) is 3.72. The van der Waals surface area contributed by atoms with Gasteiger partial charge in [-0.2, -0.15) is 0 Å². The number of aromatic nitrogens is 2. The summed E-state index contributed by atoms with van der Waals surface area (Å²) in [7, 11) is 0. The van der Waals surface area contributed by atoms with Crippen molar-refractivity contribution in [1.82, 2.24) is 14.9 Å². The van der Waals surface area contributed by atoms with Crippen molar-refractivity contribution in [3.05, 3.63) is 48.5 Å². The zero-order chi connectivity index (χ0) is 17.6. The first-order valence-corrected chi connectivity index (χ1v) is 9.37. The summed E-state index contributed by atoms with van der Waals surface area (Å²) in [6.45, 7) is 5.67. The fraction of sp³-hybridized carbons (Fsp3) is 0.381. The molecule has 0 saturated carbocycles. The molecule has 26 heavy (non-hydrogen) atoms. The number of H-pyrrole nitrogens is 1. The standard InChI is InChI=1S/C21H25N3O2/c1-4-10-20(26-14-6-5-11-24-12-15-25-16-13-24)17(7-1)21-22-18-8-2-3-9-19(18)23-21/h1-4,7-10H,5-6,11-16H2,(H,22,23). The van der Waals surface area contributed by atoms with Gasteiger partial charge in [0.1, 0.15) is 11.6 Å². The Balaban J connectivity index is 1.35. The summed E-state index contributed by atoms with van der Waals surface area (Å²) in [6, 6.07) is 16.2. The van der Waals surface area contributed by atoms with Crippen molar-refractivity contribution in [2.45, 2.75) is 12.8 Å². The molecular weight excluding hydrogens is 326 g/mol. The van der Waals surface area contributed by atoms with Gasteiger partial charge >= 0.3 is 0 Å². The van der Waals surface area contributed by atoms with Crippen LogP contribution in [0.1, 0.15) is 12.8 Å². The second kappa shape index (κ2) is 8.34. The van der Waals surface area contributed by atoms with Gasteiger partial charge in [-0.3, -0.25) is 4.90 Å². The van der Waals surface area contributed by atoms with Crippen LogP contribution in [0.5, 0.6) is 5.75 Å². The molecule has 0 bridgehead atoms. The maximum Gasteiger partial charge on any atom is 0.142 e. The van der Waals surface area contributed by atoms with E-state index in [9.17, 15) is 0 Å². The Morgan fingerprint density at radius 3 is 2.69 bits per heavy atom. The van der Waals surface area contributed by atoms with Gasteiger partial charge in [-0.15, -0.1) is 0 Å². The van der Waals surface area contributed by atoms with Gasteiger partial charge < -0.3 is 14.5 Å². The normalized spacial score (nSPS) is 15.4. The van der Waals surface area contributed by atoms with E-state index in [1.165, 1.54) is 0 Å². The number of ether oxygens (including phenoxy) is 2. The molecule has 1 fully saturated rings. The van der Waals surface area contributed by atoms with E-state index >= 15 is 0 Å². The molecule has 5 heteroatoms. The van der Waals surface area contributed by atoms with E-state index in [0.29, 0.717) is 0 Å². The van der Waals surface area contributed by atoms with Crippen LogP contribution in [0, 0.1) is 0 Å². The van der Waals surface area contributed by atoms with E-state index in [4.69, 9.17) is 14.5 Å². The summed E-state index contributed by atoms with van der Waals surface area (Å²) in [5.41, 5.74) is 3.03. The topological polar surface area (TPSA) is 50.4 Å². The Bertz CT molecular complexity index is 807. The average Bonchev–Trinajstić information content (AvgIpc) is 3.13. The lowest BCUT2D eigenvalue weighted by Crippen LogP contribution is -2.36. The zero-order valence-corrected chi connectivity index (χ0v) is 15.0. The molecule has 0 radical (unpaired) electrons. The second-order valence-electron chi connectivity index (χ2n) is 6.61. The lowest BCUT2D eigenvalue weighted by Gasteiger charge is -2.26. The summed E-state index contributed by atoms with van der Waals surface area (Å²) in [5, 5.41) is 0. The summed E-state index contributed by atoms with van der Waals surface area (Å²) in [6.07, 6.45) is 2.19. The van der Waals surface area contributed by atoms with E-state index in [2.05, 4.69) is 16.0 Å². The third kappa shape index (κ3) is 4.06. The van der Waals surface area contributed by atoms with Gasteiger partial charge in [-0.05, 0) is 43.7 Å². The van der Waals surface area contributed by atoms with Crippen molar-refractivity contribution in [2.24, 2.45) is 0 Å². The minimum atomic E-state index is 0.724. The minimum Gasteiger partial charge on any atom is -0.493 e. The van der Waals surface area contributed by atoms with Crippen molar-refractivity contribution in [1.29, 1.82) is 0 Å². The van der Waals surface area contributed by atoms with Crippen LogP contribution in [-0.4, -0.2) is 54.3 Å². The maximum absolute atomic E-state index is 6.07. The fourth-order valence-electron chi connectivity index (χ4n) is 3.31. The van der Waals surface area contributed by atoms with Crippen molar-refractivity contribution >= 4 is 11.0 Å². The summed E-state index contributed by atoms with van der Waals surface area (Å²) < 4.78 is 11.5. The van der Waals surface area contributed by atoms with Crippen molar-refractivity contribution in [2.75, 3.05) is 39.5 Å². The molecule has 1 aliphatic rings. The Morgan fingerprint density at radius 2 is 1.81 bits per heavy atom. The molecule has 0 atom stereocenters. The molecule has 3 aromatic rings. The number of hydrogen-bond donors (Lipinski definition) is 1. The molecule has 136 valence electrons. The lowest BCUT2D eigenvalue weighted by molar-refractivity contribution is 0.0368. The number of benzene rings is 2. The molecule has 4 rings (SSSR count). The minimum absolute atomic E-state index is 0.724. The van der Waals surface area contributed by atoms with E-state index in [1.807, 2.05) is 42.5 Å². The second-order valence-corrected chi connectivity index (χ2v) is 6.61. The number of nitrogens with one attached hydrogen (secondary N) is 1. The van der Waals surface area contributed by atoms with Gasteiger partial charge in [0.05, 0.1) is 36.4 Å². The van der Waals surface area contributed by atoms with Gasteiger partial charge in [0.25, 0.3) is 0 Å². The molecule has 2 aromatic carbocycles. The average molecular weight is 351 g/mol.